The van der Waals surface area contributed by atoms with E-state index in [0.717, 1.165) is 6.92 Å². The van der Waals surface area contributed by atoms with Crippen molar-refractivity contribution in [2.24, 2.45) is 0 Å². The van der Waals surface area contributed by atoms with Crippen molar-refractivity contribution in [3.63, 3.8) is 0 Å². The first-order valence-electron chi connectivity index (χ1n) is 2.94. The molecule has 0 unspecified atom stereocenters. The molecule has 0 saturated carbocycles. The Balaban J connectivity index is 0. The standard InChI is InChI=1S/C3H4N2.C2H4O2.HO3P/c1-2-5-3-4-1;1-2(3)4;1-4(2)3/h1-3H,(H,4,5);1H3,(H,3,4);(H-,1,2,3)/p+1. The van der Waals surface area contributed by atoms with Crippen molar-refractivity contribution >= 4 is 14.2 Å². The fourth-order valence-electron chi connectivity index (χ4n) is 0.215. The molecule has 8 heteroatoms. The number of H-pyrrole nitrogens is 1. The zero-order valence-electron chi connectivity index (χ0n) is 6.78. The largest absolute Gasteiger partial charge is 0.692 e. The molecule has 1 heterocycles. The van der Waals surface area contributed by atoms with Gasteiger partial charge in [-0.15, -0.1) is 9.79 Å². The van der Waals surface area contributed by atoms with Gasteiger partial charge < -0.3 is 10.1 Å². The average Bonchev–Trinajstić information content (AvgIpc) is 2.35. The van der Waals surface area contributed by atoms with Crippen LogP contribution in [-0.4, -0.2) is 30.8 Å². The van der Waals surface area contributed by atoms with Crippen LogP contribution < -0.4 is 0 Å². The first-order valence-corrected chi connectivity index (χ1v) is 4.10. The smallest absolute Gasteiger partial charge is 0.481 e. The van der Waals surface area contributed by atoms with Crippen LogP contribution in [0.5, 0.6) is 0 Å². The number of carboxylic acids is 1. The van der Waals surface area contributed by atoms with Gasteiger partial charge in [-0.05, 0) is 0 Å². The molecule has 7 nitrogen and oxygen atoms in total. The molecule has 13 heavy (non-hydrogen) atoms. The van der Waals surface area contributed by atoms with Gasteiger partial charge in [0.1, 0.15) is 0 Å². The Labute approximate surface area is 75.0 Å². The lowest BCUT2D eigenvalue weighted by atomic mass is 10.9. The molecule has 0 aliphatic rings. The Morgan fingerprint density at radius 3 is 2.00 bits per heavy atom. The minimum Gasteiger partial charge on any atom is -0.481 e. The minimum atomic E-state index is -2.87. The summed E-state index contributed by atoms with van der Waals surface area (Å²) in [5.74, 6) is -0.833. The Bertz CT molecular complexity index is 188. The molecule has 0 aromatic carbocycles. The number of aromatic amines is 1. The molecule has 0 radical (unpaired) electrons. The maximum absolute atomic E-state index is 9.00. The summed E-state index contributed by atoms with van der Waals surface area (Å²) in [5, 5.41) is 7.42. The van der Waals surface area contributed by atoms with Gasteiger partial charge in [0.25, 0.3) is 5.97 Å². The van der Waals surface area contributed by atoms with Crippen molar-refractivity contribution in [2.45, 2.75) is 6.92 Å². The molecule has 0 aliphatic heterocycles. The molecule has 0 fully saturated rings. The lowest BCUT2D eigenvalue weighted by molar-refractivity contribution is -0.134. The zero-order chi connectivity index (χ0) is 10.7. The third-order valence-electron chi connectivity index (χ3n) is 0.406. The van der Waals surface area contributed by atoms with E-state index in [1.54, 1.807) is 18.7 Å². The number of aliphatic carboxylic acids is 1. The fourth-order valence-corrected chi connectivity index (χ4v) is 0.215. The summed E-state index contributed by atoms with van der Waals surface area (Å²) < 4.78 is 8.70. The van der Waals surface area contributed by atoms with E-state index < -0.39 is 14.2 Å². The summed E-state index contributed by atoms with van der Waals surface area (Å²) in [6, 6.07) is 0. The highest BCUT2D eigenvalue weighted by Crippen LogP contribution is 1.98. The van der Waals surface area contributed by atoms with Gasteiger partial charge in [-0.25, -0.2) is 4.98 Å². The van der Waals surface area contributed by atoms with Crippen LogP contribution in [-0.2, 0) is 9.36 Å². The molecular weight excluding hydrogens is 199 g/mol. The molecule has 0 aliphatic carbocycles. The van der Waals surface area contributed by atoms with Crippen molar-refractivity contribution in [1.29, 1.82) is 0 Å². The van der Waals surface area contributed by atoms with E-state index in [1.165, 1.54) is 0 Å². The summed E-state index contributed by atoms with van der Waals surface area (Å²) in [5.41, 5.74) is 0. The van der Waals surface area contributed by atoms with Gasteiger partial charge in [0, 0.05) is 23.9 Å². The molecular formula is C5H10N2O5P+. The highest BCUT2D eigenvalue weighted by Gasteiger charge is 1.93. The number of carbonyl (C=O) groups is 1. The highest BCUT2D eigenvalue weighted by atomic mass is 31.1. The quantitative estimate of drug-likeness (QED) is 0.450. The number of hydrogen-bond acceptors (Lipinski definition) is 3. The second-order valence-corrected chi connectivity index (χ2v) is 2.04. The van der Waals surface area contributed by atoms with E-state index in [9.17, 15) is 0 Å². The monoisotopic (exact) mass is 209 g/mol. The van der Waals surface area contributed by atoms with E-state index in [1.807, 2.05) is 0 Å². The Kier molecular flexibility index (Phi) is 11.7. The third-order valence-corrected chi connectivity index (χ3v) is 0.406. The molecule has 0 bridgehead atoms. The fraction of sp³-hybridized carbons (Fsp3) is 0.200. The van der Waals surface area contributed by atoms with Gasteiger partial charge in [0.15, 0.2) is 0 Å². The van der Waals surface area contributed by atoms with Crippen LogP contribution in [0.1, 0.15) is 6.92 Å². The molecule has 74 valence electrons. The lowest BCUT2D eigenvalue weighted by Crippen LogP contribution is -1.78. The van der Waals surface area contributed by atoms with Crippen LogP contribution in [0.25, 0.3) is 0 Å². The van der Waals surface area contributed by atoms with E-state index in [2.05, 4.69) is 9.97 Å². The maximum atomic E-state index is 9.00. The van der Waals surface area contributed by atoms with Crippen molar-refractivity contribution in [1.82, 2.24) is 9.97 Å². The Hall–Kier alpha value is -1.30. The third kappa shape index (κ3) is 59.2. The topological polar surface area (TPSA) is 124 Å². The van der Waals surface area contributed by atoms with Crippen LogP contribution in [0.4, 0.5) is 0 Å². The van der Waals surface area contributed by atoms with Crippen LogP contribution in [0.15, 0.2) is 18.7 Å². The van der Waals surface area contributed by atoms with Gasteiger partial charge in [0.2, 0.25) is 0 Å². The predicted octanol–water partition coefficient (Wildman–Crippen LogP) is 0.129. The van der Waals surface area contributed by atoms with Gasteiger partial charge in [0.05, 0.1) is 6.33 Å². The first kappa shape index (κ1) is 14.2. The molecule has 4 N–H and O–H groups in total. The summed E-state index contributed by atoms with van der Waals surface area (Å²) in [6.07, 6.45) is 5.08. The number of carboxylic acid groups (broad SMARTS) is 1. The summed E-state index contributed by atoms with van der Waals surface area (Å²) in [4.78, 5) is 29.7. The van der Waals surface area contributed by atoms with Crippen LogP contribution >= 0.6 is 8.25 Å². The summed E-state index contributed by atoms with van der Waals surface area (Å²) >= 11 is 0. The molecule has 0 amide bonds. The van der Waals surface area contributed by atoms with Crippen molar-refractivity contribution < 1.29 is 24.3 Å². The SMILES string of the molecule is CC(=O)O.O=[P+](O)O.c1c[nH]cn1. The normalized spacial score (nSPS) is 7.00. The Morgan fingerprint density at radius 2 is 1.92 bits per heavy atom. The van der Waals surface area contributed by atoms with E-state index >= 15 is 0 Å². The van der Waals surface area contributed by atoms with Crippen molar-refractivity contribution in [3.8, 4) is 0 Å². The number of imidazole rings is 1. The maximum Gasteiger partial charge on any atom is 0.692 e. The van der Waals surface area contributed by atoms with E-state index in [4.69, 9.17) is 24.3 Å². The molecule has 0 saturated heterocycles. The summed E-state index contributed by atoms with van der Waals surface area (Å²) in [6.45, 7) is 1.08. The second-order valence-electron chi connectivity index (χ2n) is 1.53. The lowest BCUT2D eigenvalue weighted by Gasteiger charge is -1.59. The van der Waals surface area contributed by atoms with Crippen molar-refractivity contribution in [3.05, 3.63) is 18.7 Å². The average molecular weight is 209 g/mol. The van der Waals surface area contributed by atoms with Crippen molar-refractivity contribution in [2.75, 3.05) is 0 Å². The second kappa shape index (κ2) is 10.7. The van der Waals surface area contributed by atoms with Crippen LogP contribution in [0, 0.1) is 0 Å². The predicted molar refractivity (Wildman–Crippen MR) is 43.9 cm³/mol. The van der Waals surface area contributed by atoms with Gasteiger partial charge in [-0.3, -0.25) is 4.79 Å². The minimum absolute atomic E-state index is 0.833. The number of rotatable bonds is 0. The number of nitrogens with one attached hydrogen (secondary N) is 1. The molecule has 1 rings (SSSR count). The zero-order valence-corrected chi connectivity index (χ0v) is 7.68. The molecule has 1 aromatic rings. The van der Waals surface area contributed by atoms with E-state index in [-0.39, 0.29) is 0 Å². The van der Waals surface area contributed by atoms with Crippen LogP contribution in [0.2, 0.25) is 0 Å². The number of nitrogens with zero attached hydrogens (tertiary/aromatic N) is 1. The first-order chi connectivity index (χ1) is 5.96. The number of aromatic nitrogens is 2. The highest BCUT2D eigenvalue weighted by molar-refractivity contribution is 7.30. The van der Waals surface area contributed by atoms with Crippen LogP contribution in [0.3, 0.4) is 0 Å². The molecule has 0 spiro atoms. The van der Waals surface area contributed by atoms with Gasteiger partial charge >= 0.3 is 8.25 Å². The van der Waals surface area contributed by atoms with Gasteiger partial charge in [-0.1, -0.05) is 0 Å². The summed E-state index contributed by atoms with van der Waals surface area (Å²) in [7, 11) is -2.87. The van der Waals surface area contributed by atoms with Gasteiger partial charge in [-0.2, -0.15) is 0 Å². The van der Waals surface area contributed by atoms with E-state index in [0.29, 0.717) is 0 Å². The molecule has 1 aromatic heterocycles. The number of hydrogen-bond donors (Lipinski definition) is 4. The molecule has 0 atom stereocenters. The Morgan fingerprint density at radius 1 is 1.54 bits per heavy atom.